The molecule has 1 N–H and O–H groups in total. The number of rotatable bonds is 6. The van der Waals surface area contributed by atoms with Gasteiger partial charge in [0, 0.05) is 11.6 Å². The Kier molecular flexibility index (Phi) is 6.31. The SMILES string of the molecule is COc1ccc(OC)c([C@H](C)NC(=O)/C=C/c2cc(Cl)c3c(c2)OCCO3)c1. The van der Waals surface area contributed by atoms with Gasteiger partial charge in [-0.15, -0.1) is 0 Å². The fraction of sp³-hybridized carbons (Fsp3) is 0.286. The highest BCUT2D eigenvalue weighted by Crippen LogP contribution is 2.38. The minimum absolute atomic E-state index is 0.247. The van der Waals surface area contributed by atoms with Crippen molar-refractivity contribution in [2.45, 2.75) is 13.0 Å². The molecule has 0 saturated heterocycles. The molecule has 28 heavy (non-hydrogen) atoms. The van der Waals surface area contributed by atoms with Gasteiger partial charge in [-0.2, -0.15) is 0 Å². The highest BCUT2D eigenvalue weighted by Gasteiger charge is 2.17. The zero-order valence-corrected chi connectivity index (χ0v) is 16.7. The van der Waals surface area contributed by atoms with Crippen molar-refractivity contribution >= 4 is 23.6 Å². The number of ether oxygens (including phenoxy) is 4. The Balaban J connectivity index is 1.71. The first-order valence-electron chi connectivity index (χ1n) is 8.81. The number of amides is 1. The molecular weight excluding hydrogens is 382 g/mol. The predicted octanol–water partition coefficient (Wildman–Crippen LogP) is 4.02. The van der Waals surface area contributed by atoms with Crippen LogP contribution in [-0.4, -0.2) is 33.3 Å². The lowest BCUT2D eigenvalue weighted by Crippen LogP contribution is -2.25. The van der Waals surface area contributed by atoms with Crippen molar-refractivity contribution < 1.29 is 23.7 Å². The molecule has 0 saturated carbocycles. The predicted molar refractivity (Wildman–Crippen MR) is 108 cm³/mol. The first-order valence-corrected chi connectivity index (χ1v) is 9.19. The first kappa shape index (κ1) is 19.9. The Morgan fingerprint density at radius 2 is 1.96 bits per heavy atom. The van der Waals surface area contributed by atoms with Gasteiger partial charge in [0.25, 0.3) is 0 Å². The van der Waals surface area contributed by atoms with E-state index in [1.54, 1.807) is 32.4 Å². The van der Waals surface area contributed by atoms with E-state index >= 15 is 0 Å². The Hall–Kier alpha value is -2.86. The van der Waals surface area contributed by atoms with Crippen LogP contribution in [0.5, 0.6) is 23.0 Å². The van der Waals surface area contributed by atoms with Crippen LogP contribution < -0.4 is 24.3 Å². The zero-order valence-electron chi connectivity index (χ0n) is 16.0. The molecule has 1 heterocycles. The van der Waals surface area contributed by atoms with Gasteiger partial charge in [0.1, 0.15) is 24.7 Å². The number of fused-ring (bicyclic) bond motifs is 1. The van der Waals surface area contributed by atoms with Gasteiger partial charge in [0.15, 0.2) is 11.5 Å². The summed E-state index contributed by atoms with van der Waals surface area (Å²) in [5.74, 6) is 2.24. The van der Waals surface area contributed by atoms with E-state index in [2.05, 4.69) is 5.32 Å². The summed E-state index contributed by atoms with van der Waals surface area (Å²) in [5, 5.41) is 3.37. The highest BCUT2D eigenvalue weighted by atomic mass is 35.5. The van der Waals surface area contributed by atoms with Gasteiger partial charge in [-0.05, 0) is 48.9 Å². The molecule has 1 aliphatic rings. The molecule has 0 aliphatic carbocycles. The van der Waals surface area contributed by atoms with E-state index in [-0.39, 0.29) is 11.9 Å². The number of hydrogen-bond donors (Lipinski definition) is 1. The van der Waals surface area contributed by atoms with Crippen molar-refractivity contribution in [3.05, 3.63) is 52.6 Å². The molecule has 1 amide bonds. The topological polar surface area (TPSA) is 66.0 Å². The molecule has 1 aliphatic heterocycles. The van der Waals surface area contributed by atoms with E-state index in [0.29, 0.717) is 41.2 Å². The molecule has 0 unspecified atom stereocenters. The standard InChI is InChI=1S/C21H22ClNO5/c1-13(16-12-15(25-2)5-6-18(16)26-3)23-20(24)7-4-14-10-17(22)21-19(11-14)27-8-9-28-21/h4-7,10-13H,8-9H2,1-3H3,(H,23,24)/b7-4+/t13-/m0/s1. The minimum atomic E-state index is -0.272. The maximum atomic E-state index is 12.4. The van der Waals surface area contributed by atoms with Gasteiger partial charge < -0.3 is 24.3 Å². The summed E-state index contributed by atoms with van der Waals surface area (Å²) < 4.78 is 21.7. The monoisotopic (exact) mass is 403 g/mol. The van der Waals surface area contributed by atoms with Crippen LogP contribution in [-0.2, 0) is 4.79 Å². The number of carbonyl (C=O) groups is 1. The van der Waals surface area contributed by atoms with Crippen LogP contribution in [0.15, 0.2) is 36.4 Å². The number of hydrogen-bond acceptors (Lipinski definition) is 5. The van der Waals surface area contributed by atoms with E-state index in [1.807, 2.05) is 25.1 Å². The minimum Gasteiger partial charge on any atom is -0.497 e. The summed E-state index contributed by atoms with van der Waals surface area (Å²) >= 11 is 6.22. The summed E-state index contributed by atoms with van der Waals surface area (Å²) in [5.41, 5.74) is 1.57. The normalized spacial score (nSPS) is 13.9. The molecule has 2 aromatic rings. The van der Waals surface area contributed by atoms with Gasteiger partial charge >= 0.3 is 0 Å². The van der Waals surface area contributed by atoms with Crippen molar-refractivity contribution in [3.63, 3.8) is 0 Å². The maximum absolute atomic E-state index is 12.4. The van der Waals surface area contributed by atoms with E-state index in [4.69, 9.17) is 30.5 Å². The van der Waals surface area contributed by atoms with Crippen molar-refractivity contribution in [2.75, 3.05) is 27.4 Å². The molecule has 148 valence electrons. The second-order valence-corrected chi connectivity index (χ2v) is 6.61. The highest BCUT2D eigenvalue weighted by molar-refractivity contribution is 6.32. The van der Waals surface area contributed by atoms with E-state index in [0.717, 1.165) is 11.1 Å². The van der Waals surface area contributed by atoms with E-state index in [1.165, 1.54) is 6.08 Å². The molecular formula is C21H22ClNO5. The maximum Gasteiger partial charge on any atom is 0.244 e. The third kappa shape index (κ3) is 4.51. The molecule has 0 aromatic heterocycles. The zero-order chi connectivity index (χ0) is 20.1. The van der Waals surface area contributed by atoms with Crippen LogP contribution in [0, 0.1) is 0 Å². The average Bonchev–Trinajstić information content (AvgIpc) is 2.71. The van der Waals surface area contributed by atoms with Crippen LogP contribution in [0.2, 0.25) is 5.02 Å². The first-order chi connectivity index (χ1) is 13.5. The number of nitrogens with one attached hydrogen (secondary N) is 1. The van der Waals surface area contributed by atoms with Crippen LogP contribution in [0.3, 0.4) is 0 Å². The fourth-order valence-electron chi connectivity index (χ4n) is 2.92. The smallest absolute Gasteiger partial charge is 0.244 e. The molecule has 0 fully saturated rings. The van der Waals surface area contributed by atoms with E-state index in [9.17, 15) is 4.79 Å². The Labute approximate surface area is 169 Å². The lowest BCUT2D eigenvalue weighted by Gasteiger charge is -2.19. The Morgan fingerprint density at radius 1 is 1.18 bits per heavy atom. The number of methoxy groups -OCH3 is 2. The van der Waals surface area contributed by atoms with Crippen LogP contribution in [0.4, 0.5) is 0 Å². The van der Waals surface area contributed by atoms with Gasteiger partial charge in [-0.25, -0.2) is 0 Å². The van der Waals surface area contributed by atoms with Crippen LogP contribution >= 0.6 is 11.6 Å². The third-order valence-electron chi connectivity index (χ3n) is 4.31. The molecule has 0 bridgehead atoms. The van der Waals surface area contributed by atoms with Gasteiger partial charge in [0.2, 0.25) is 5.91 Å². The summed E-state index contributed by atoms with van der Waals surface area (Å²) in [6, 6.07) is 8.71. The largest absolute Gasteiger partial charge is 0.497 e. The molecule has 2 aromatic carbocycles. The van der Waals surface area contributed by atoms with Crippen LogP contribution in [0.1, 0.15) is 24.1 Å². The molecule has 7 heteroatoms. The average molecular weight is 404 g/mol. The van der Waals surface area contributed by atoms with Gasteiger partial charge in [0.05, 0.1) is 25.3 Å². The second-order valence-electron chi connectivity index (χ2n) is 6.20. The third-order valence-corrected chi connectivity index (χ3v) is 4.59. The molecule has 0 spiro atoms. The number of carbonyl (C=O) groups excluding carboxylic acids is 1. The van der Waals surface area contributed by atoms with E-state index < -0.39 is 0 Å². The van der Waals surface area contributed by atoms with Crippen molar-refractivity contribution in [2.24, 2.45) is 0 Å². The quantitative estimate of drug-likeness (QED) is 0.738. The van der Waals surface area contributed by atoms with Crippen molar-refractivity contribution in [1.82, 2.24) is 5.32 Å². The van der Waals surface area contributed by atoms with Crippen molar-refractivity contribution in [1.29, 1.82) is 0 Å². The lowest BCUT2D eigenvalue weighted by atomic mass is 10.1. The summed E-state index contributed by atoms with van der Waals surface area (Å²) in [7, 11) is 3.18. The number of benzene rings is 2. The summed E-state index contributed by atoms with van der Waals surface area (Å²) in [6.45, 7) is 2.82. The Morgan fingerprint density at radius 3 is 2.71 bits per heavy atom. The van der Waals surface area contributed by atoms with Gasteiger partial charge in [-0.1, -0.05) is 11.6 Å². The Bertz CT molecular complexity index is 897. The lowest BCUT2D eigenvalue weighted by molar-refractivity contribution is -0.117. The summed E-state index contributed by atoms with van der Waals surface area (Å²) in [4.78, 5) is 12.4. The molecule has 0 radical (unpaired) electrons. The van der Waals surface area contributed by atoms with Crippen molar-refractivity contribution in [3.8, 4) is 23.0 Å². The van der Waals surface area contributed by atoms with Crippen LogP contribution in [0.25, 0.3) is 6.08 Å². The molecule has 6 nitrogen and oxygen atoms in total. The molecule has 1 atom stereocenters. The second kappa shape index (κ2) is 8.89. The fourth-order valence-corrected chi connectivity index (χ4v) is 3.19. The number of halogens is 1. The summed E-state index contributed by atoms with van der Waals surface area (Å²) in [6.07, 6.45) is 3.12. The van der Waals surface area contributed by atoms with Gasteiger partial charge in [-0.3, -0.25) is 4.79 Å². The molecule has 3 rings (SSSR count).